The lowest BCUT2D eigenvalue weighted by atomic mass is 10.0. The number of morpholine rings is 1. The van der Waals surface area contributed by atoms with Crippen molar-refractivity contribution in [2.75, 3.05) is 26.7 Å². The Morgan fingerprint density at radius 1 is 1.47 bits per heavy atom. The molecule has 0 aromatic heterocycles. The third-order valence-corrected chi connectivity index (χ3v) is 3.93. The smallest absolute Gasteiger partial charge is 0.236 e. The zero-order chi connectivity index (χ0) is 13.8. The largest absolute Gasteiger partial charge is 0.370 e. The molecule has 0 radical (unpaired) electrons. The molecule has 0 spiro atoms. The third kappa shape index (κ3) is 3.35. The van der Waals surface area contributed by atoms with Crippen molar-refractivity contribution < 1.29 is 9.53 Å². The first-order valence-electron chi connectivity index (χ1n) is 6.44. The van der Waals surface area contributed by atoms with Crippen LogP contribution >= 0.6 is 15.9 Å². The number of carbonyl (C=O) groups is 1. The molecule has 1 fully saturated rings. The van der Waals surface area contributed by atoms with Gasteiger partial charge in [0.05, 0.1) is 19.2 Å². The maximum Gasteiger partial charge on any atom is 0.236 e. The zero-order valence-corrected chi connectivity index (χ0v) is 12.8. The van der Waals surface area contributed by atoms with Crippen LogP contribution < -0.4 is 5.32 Å². The monoisotopic (exact) mass is 326 g/mol. The summed E-state index contributed by atoms with van der Waals surface area (Å²) in [5, 5.41) is 2.91. The van der Waals surface area contributed by atoms with Gasteiger partial charge in [-0.25, -0.2) is 0 Å². The van der Waals surface area contributed by atoms with Crippen molar-refractivity contribution in [2.24, 2.45) is 0 Å². The van der Waals surface area contributed by atoms with Crippen LogP contribution in [0.1, 0.15) is 18.6 Å². The van der Waals surface area contributed by atoms with Gasteiger partial charge in [0, 0.05) is 11.0 Å². The highest BCUT2D eigenvalue weighted by molar-refractivity contribution is 9.10. The number of nitrogens with one attached hydrogen (secondary N) is 1. The Hall–Kier alpha value is -0.910. The Balaban J connectivity index is 2.13. The van der Waals surface area contributed by atoms with Gasteiger partial charge in [0.25, 0.3) is 0 Å². The van der Waals surface area contributed by atoms with Crippen LogP contribution in [-0.4, -0.2) is 43.6 Å². The fourth-order valence-electron chi connectivity index (χ4n) is 2.42. The van der Waals surface area contributed by atoms with Crippen LogP contribution in [-0.2, 0) is 9.53 Å². The van der Waals surface area contributed by atoms with Crippen LogP contribution in [0.2, 0.25) is 0 Å². The number of hydrogen-bond donors (Lipinski definition) is 1. The molecule has 0 bridgehead atoms. The number of benzene rings is 1. The highest BCUT2D eigenvalue weighted by Crippen LogP contribution is 2.29. The average molecular weight is 327 g/mol. The SMILES string of the molecule is CNCC(=O)N1CCO[C@H](c2ccc(Br)cc2)[C@H]1C. The highest BCUT2D eigenvalue weighted by Gasteiger charge is 2.32. The highest BCUT2D eigenvalue weighted by atomic mass is 79.9. The van der Waals surface area contributed by atoms with Gasteiger partial charge in [0.1, 0.15) is 6.10 Å². The van der Waals surface area contributed by atoms with Gasteiger partial charge in [0.2, 0.25) is 5.91 Å². The van der Waals surface area contributed by atoms with E-state index in [1.807, 2.05) is 36.1 Å². The summed E-state index contributed by atoms with van der Waals surface area (Å²) in [5.41, 5.74) is 1.11. The van der Waals surface area contributed by atoms with E-state index >= 15 is 0 Å². The Kier molecular flexibility index (Phi) is 4.96. The van der Waals surface area contributed by atoms with Crippen LogP contribution in [0.4, 0.5) is 0 Å². The molecule has 1 aliphatic heterocycles. The molecule has 5 heteroatoms. The van der Waals surface area contributed by atoms with Crippen LogP contribution in [0.3, 0.4) is 0 Å². The fraction of sp³-hybridized carbons (Fsp3) is 0.500. The number of carbonyl (C=O) groups excluding carboxylic acids is 1. The minimum absolute atomic E-state index is 0.0516. The molecule has 1 aromatic carbocycles. The van der Waals surface area contributed by atoms with Crippen LogP contribution in [0.25, 0.3) is 0 Å². The number of halogens is 1. The molecule has 1 aliphatic rings. The second kappa shape index (κ2) is 6.50. The van der Waals surface area contributed by atoms with Crippen molar-refractivity contribution in [3.63, 3.8) is 0 Å². The predicted octanol–water partition coefficient (Wildman–Crippen LogP) is 1.96. The maximum atomic E-state index is 12.0. The summed E-state index contributed by atoms with van der Waals surface area (Å²) in [5.74, 6) is 0.125. The van der Waals surface area contributed by atoms with Gasteiger partial charge in [0.15, 0.2) is 0 Å². The molecule has 1 saturated heterocycles. The maximum absolute atomic E-state index is 12.0. The molecular formula is C14H19BrN2O2. The molecule has 0 aliphatic carbocycles. The summed E-state index contributed by atoms with van der Waals surface area (Å²) in [6.45, 7) is 3.66. The van der Waals surface area contributed by atoms with Gasteiger partial charge >= 0.3 is 0 Å². The van der Waals surface area contributed by atoms with E-state index in [4.69, 9.17) is 4.74 Å². The number of likely N-dealkylation sites (N-methyl/N-ethyl adjacent to an activating group) is 1. The van der Waals surface area contributed by atoms with Crippen molar-refractivity contribution in [3.8, 4) is 0 Å². The summed E-state index contributed by atoms with van der Waals surface area (Å²) in [4.78, 5) is 13.9. The topological polar surface area (TPSA) is 41.6 Å². The number of hydrogen-bond acceptors (Lipinski definition) is 3. The molecular weight excluding hydrogens is 308 g/mol. The third-order valence-electron chi connectivity index (χ3n) is 3.41. The summed E-state index contributed by atoms with van der Waals surface area (Å²) >= 11 is 3.43. The summed E-state index contributed by atoms with van der Waals surface area (Å²) in [6.07, 6.45) is -0.0531. The van der Waals surface area contributed by atoms with Gasteiger partial charge in [-0.05, 0) is 31.7 Å². The van der Waals surface area contributed by atoms with Crippen molar-refractivity contribution in [3.05, 3.63) is 34.3 Å². The van der Waals surface area contributed by atoms with Crippen molar-refractivity contribution in [1.29, 1.82) is 0 Å². The second-order valence-electron chi connectivity index (χ2n) is 4.70. The number of rotatable bonds is 3. The Bertz CT molecular complexity index is 436. The van der Waals surface area contributed by atoms with E-state index in [2.05, 4.69) is 21.2 Å². The molecule has 1 N–H and O–H groups in total. The number of ether oxygens (including phenoxy) is 1. The van der Waals surface area contributed by atoms with Gasteiger partial charge in [-0.2, -0.15) is 0 Å². The van der Waals surface area contributed by atoms with E-state index < -0.39 is 0 Å². The molecule has 4 nitrogen and oxygen atoms in total. The Morgan fingerprint density at radius 3 is 2.79 bits per heavy atom. The van der Waals surface area contributed by atoms with Crippen molar-refractivity contribution in [2.45, 2.75) is 19.1 Å². The molecule has 1 aromatic rings. The summed E-state index contributed by atoms with van der Waals surface area (Å²) < 4.78 is 6.89. The molecule has 104 valence electrons. The molecule has 1 heterocycles. The van der Waals surface area contributed by atoms with E-state index in [1.54, 1.807) is 7.05 Å². The molecule has 2 rings (SSSR count). The first kappa shape index (κ1) is 14.5. The van der Waals surface area contributed by atoms with E-state index in [0.717, 1.165) is 10.0 Å². The van der Waals surface area contributed by atoms with Crippen LogP contribution in [0, 0.1) is 0 Å². The van der Waals surface area contributed by atoms with Crippen LogP contribution in [0.5, 0.6) is 0 Å². The summed E-state index contributed by atoms with van der Waals surface area (Å²) in [7, 11) is 1.79. The normalized spacial score (nSPS) is 23.4. The first-order valence-corrected chi connectivity index (χ1v) is 7.24. The minimum atomic E-state index is -0.0531. The molecule has 0 unspecified atom stereocenters. The Labute approximate surface area is 122 Å². The van der Waals surface area contributed by atoms with Crippen molar-refractivity contribution in [1.82, 2.24) is 10.2 Å². The number of amides is 1. The predicted molar refractivity (Wildman–Crippen MR) is 77.9 cm³/mol. The quantitative estimate of drug-likeness (QED) is 0.923. The number of nitrogens with zero attached hydrogens (tertiary/aromatic N) is 1. The van der Waals surface area contributed by atoms with E-state index in [9.17, 15) is 4.79 Å². The molecule has 1 amide bonds. The first-order chi connectivity index (χ1) is 9.13. The van der Waals surface area contributed by atoms with E-state index in [1.165, 1.54) is 0 Å². The van der Waals surface area contributed by atoms with Gasteiger partial charge in [-0.1, -0.05) is 28.1 Å². The van der Waals surface area contributed by atoms with Crippen molar-refractivity contribution >= 4 is 21.8 Å². The van der Waals surface area contributed by atoms with E-state index in [0.29, 0.717) is 19.7 Å². The fourth-order valence-corrected chi connectivity index (χ4v) is 2.68. The zero-order valence-electron chi connectivity index (χ0n) is 11.2. The van der Waals surface area contributed by atoms with Crippen LogP contribution in [0.15, 0.2) is 28.7 Å². The lowest BCUT2D eigenvalue weighted by molar-refractivity contribution is -0.144. The molecule has 19 heavy (non-hydrogen) atoms. The molecule has 2 atom stereocenters. The van der Waals surface area contributed by atoms with Gasteiger partial charge in [-0.15, -0.1) is 0 Å². The summed E-state index contributed by atoms with van der Waals surface area (Å²) in [6, 6.07) is 8.13. The standard InChI is InChI=1S/C14H19BrN2O2/c1-10-14(11-3-5-12(15)6-4-11)19-8-7-17(10)13(18)9-16-2/h3-6,10,14,16H,7-9H2,1-2H3/t10-,14+/m1/s1. The van der Waals surface area contributed by atoms with Gasteiger partial charge in [-0.3, -0.25) is 4.79 Å². The Morgan fingerprint density at radius 2 is 2.16 bits per heavy atom. The lowest BCUT2D eigenvalue weighted by Gasteiger charge is -2.39. The average Bonchev–Trinajstić information content (AvgIpc) is 2.40. The van der Waals surface area contributed by atoms with Gasteiger partial charge < -0.3 is 15.0 Å². The van der Waals surface area contributed by atoms with E-state index in [-0.39, 0.29) is 18.1 Å². The molecule has 0 saturated carbocycles. The lowest BCUT2D eigenvalue weighted by Crippen LogP contribution is -2.50. The minimum Gasteiger partial charge on any atom is -0.370 e. The second-order valence-corrected chi connectivity index (χ2v) is 5.62.